The monoisotopic (exact) mass is 501 g/mol. The molecule has 5 rings (SSSR count). The van der Waals surface area contributed by atoms with Crippen LogP contribution >= 0.6 is 11.6 Å². The van der Waals surface area contributed by atoms with Crippen LogP contribution in [-0.2, 0) is 6.54 Å². The number of benzene rings is 2. The fourth-order valence-electron chi connectivity index (χ4n) is 4.47. The Bertz CT molecular complexity index is 1140. The second-order valence-electron chi connectivity index (χ2n) is 8.90. The van der Waals surface area contributed by atoms with Gasteiger partial charge in [0, 0.05) is 48.5 Å². The number of nitrogens with zero attached hydrogens (tertiary/aromatic N) is 5. The topological polar surface area (TPSA) is 65.7 Å². The predicted molar refractivity (Wildman–Crippen MR) is 129 cm³/mol. The lowest BCUT2D eigenvalue weighted by Gasteiger charge is -2.43. The second kappa shape index (κ2) is 10.3. The molecule has 1 aromatic heterocycles. The van der Waals surface area contributed by atoms with E-state index < -0.39 is 12.3 Å². The summed E-state index contributed by atoms with van der Waals surface area (Å²) in [6, 6.07) is 14.9. The average molecular weight is 502 g/mol. The fraction of sp³-hybridized carbons (Fsp3) is 0.400. The van der Waals surface area contributed by atoms with E-state index in [1.165, 1.54) is 19.3 Å². The molecular formula is C25H26ClF2N5O2. The molecule has 2 aromatic carbocycles. The van der Waals surface area contributed by atoms with E-state index in [-0.39, 0.29) is 11.9 Å². The largest absolute Gasteiger partial charge is 0.415 e. The van der Waals surface area contributed by atoms with Crippen molar-refractivity contribution in [2.24, 2.45) is 0 Å². The zero-order valence-electron chi connectivity index (χ0n) is 19.1. The lowest BCUT2D eigenvalue weighted by Crippen LogP contribution is -2.56. The van der Waals surface area contributed by atoms with Gasteiger partial charge in [-0.05, 0) is 54.8 Å². The summed E-state index contributed by atoms with van der Waals surface area (Å²) in [6.45, 7) is 3.52. The third kappa shape index (κ3) is 5.31. The highest BCUT2D eigenvalue weighted by Gasteiger charge is 2.31. The molecule has 3 aromatic rings. The Labute approximate surface area is 207 Å². The molecule has 0 radical (unpaired) electrons. The highest BCUT2D eigenvalue weighted by Crippen LogP contribution is 2.28. The Balaban J connectivity index is 1.31. The molecule has 2 heterocycles. The first kappa shape index (κ1) is 23.7. The van der Waals surface area contributed by atoms with Crippen molar-refractivity contribution in [3.63, 3.8) is 0 Å². The van der Waals surface area contributed by atoms with Crippen LogP contribution in [0.2, 0.25) is 5.02 Å². The molecule has 0 atom stereocenters. The van der Waals surface area contributed by atoms with Crippen LogP contribution < -0.4 is 4.90 Å². The van der Waals surface area contributed by atoms with Gasteiger partial charge in [-0.1, -0.05) is 30.2 Å². The molecule has 0 spiro atoms. The van der Waals surface area contributed by atoms with E-state index in [9.17, 15) is 13.6 Å². The van der Waals surface area contributed by atoms with Crippen molar-refractivity contribution in [3.8, 4) is 11.5 Å². The van der Waals surface area contributed by atoms with E-state index in [1.54, 1.807) is 29.2 Å². The number of anilines is 1. The van der Waals surface area contributed by atoms with Gasteiger partial charge in [0.05, 0.1) is 6.54 Å². The second-order valence-corrected chi connectivity index (χ2v) is 9.33. The van der Waals surface area contributed by atoms with Gasteiger partial charge in [-0.25, -0.2) is 4.79 Å². The fourth-order valence-corrected chi connectivity index (χ4v) is 4.59. The quantitative estimate of drug-likeness (QED) is 0.438. The van der Waals surface area contributed by atoms with Crippen LogP contribution in [0.25, 0.3) is 11.5 Å². The first-order chi connectivity index (χ1) is 17.0. The van der Waals surface area contributed by atoms with Crippen molar-refractivity contribution in [1.29, 1.82) is 0 Å². The van der Waals surface area contributed by atoms with Crippen LogP contribution in [0.3, 0.4) is 0 Å². The van der Waals surface area contributed by atoms with E-state index in [0.717, 1.165) is 24.3 Å². The standard InChI is InChI=1S/C25H26ClF2N5O2/c26-19-8-10-21(11-9-19)33(25(34)32-14-12-31(13-15-32)20-2-1-3-20)16-17-4-6-18(7-5-17)23-29-30-24(35-23)22(27)28/h4-11,20,22H,1-3,12-16H2. The maximum Gasteiger partial charge on any atom is 0.324 e. The minimum absolute atomic E-state index is 0.0295. The van der Waals surface area contributed by atoms with Crippen LogP contribution in [-0.4, -0.2) is 58.2 Å². The molecule has 0 unspecified atom stereocenters. The van der Waals surface area contributed by atoms with Crippen molar-refractivity contribution in [1.82, 2.24) is 20.0 Å². The number of urea groups is 1. The summed E-state index contributed by atoms with van der Waals surface area (Å²) in [6.07, 6.45) is 0.999. The minimum atomic E-state index is -2.81. The summed E-state index contributed by atoms with van der Waals surface area (Å²) in [5.41, 5.74) is 2.16. The SMILES string of the molecule is O=C(N1CCN(C2CCC2)CC1)N(Cc1ccc(-c2nnc(C(F)F)o2)cc1)c1ccc(Cl)cc1. The van der Waals surface area contributed by atoms with Gasteiger partial charge in [0.25, 0.3) is 5.89 Å². The Morgan fingerprint density at radius 3 is 2.29 bits per heavy atom. The van der Waals surface area contributed by atoms with Crippen molar-refractivity contribution in [2.45, 2.75) is 38.3 Å². The molecule has 10 heteroatoms. The van der Waals surface area contributed by atoms with Crippen LogP contribution in [0.15, 0.2) is 52.9 Å². The van der Waals surface area contributed by atoms with Gasteiger partial charge in [-0.2, -0.15) is 8.78 Å². The predicted octanol–water partition coefficient (Wildman–Crippen LogP) is 5.62. The third-order valence-electron chi connectivity index (χ3n) is 6.71. The highest BCUT2D eigenvalue weighted by atomic mass is 35.5. The summed E-state index contributed by atoms with van der Waals surface area (Å²) in [7, 11) is 0. The van der Waals surface area contributed by atoms with E-state index in [1.807, 2.05) is 29.2 Å². The number of hydrogen-bond acceptors (Lipinski definition) is 5. The molecule has 2 aliphatic rings. The number of carbonyl (C=O) groups excluding carboxylic acids is 1. The number of rotatable bonds is 6. The van der Waals surface area contributed by atoms with Gasteiger partial charge in [-0.3, -0.25) is 9.80 Å². The van der Waals surface area contributed by atoms with E-state index >= 15 is 0 Å². The Hall–Kier alpha value is -3.04. The zero-order chi connectivity index (χ0) is 24.4. The Kier molecular flexibility index (Phi) is 6.97. The molecule has 1 aliphatic carbocycles. The normalized spacial score (nSPS) is 17.0. The van der Waals surface area contributed by atoms with E-state index in [2.05, 4.69) is 15.1 Å². The van der Waals surface area contributed by atoms with Crippen molar-refractivity contribution >= 4 is 23.3 Å². The number of alkyl halides is 2. The molecule has 7 nitrogen and oxygen atoms in total. The maximum atomic E-state index is 13.6. The van der Waals surface area contributed by atoms with Crippen molar-refractivity contribution < 1.29 is 18.0 Å². The summed E-state index contributed by atoms with van der Waals surface area (Å²) >= 11 is 6.08. The number of aromatic nitrogens is 2. The maximum absolute atomic E-state index is 13.6. The molecule has 35 heavy (non-hydrogen) atoms. The molecule has 2 amide bonds. The lowest BCUT2D eigenvalue weighted by molar-refractivity contribution is 0.0744. The van der Waals surface area contributed by atoms with Gasteiger partial charge < -0.3 is 9.32 Å². The molecular weight excluding hydrogens is 476 g/mol. The molecule has 0 bridgehead atoms. The summed E-state index contributed by atoms with van der Waals surface area (Å²) in [4.78, 5) is 19.7. The molecule has 184 valence electrons. The number of carbonyl (C=O) groups is 1. The zero-order valence-corrected chi connectivity index (χ0v) is 19.9. The summed E-state index contributed by atoms with van der Waals surface area (Å²) in [5, 5.41) is 7.66. The van der Waals surface area contributed by atoms with Crippen LogP contribution in [0.5, 0.6) is 0 Å². The average Bonchev–Trinajstić information content (AvgIpc) is 3.34. The Morgan fingerprint density at radius 2 is 1.71 bits per heavy atom. The van der Waals surface area contributed by atoms with Crippen LogP contribution in [0, 0.1) is 0 Å². The molecule has 1 saturated carbocycles. The smallest absolute Gasteiger partial charge is 0.324 e. The van der Waals surface area contributed by atoms with E-state index in [4.69, 9.17) is 16.0 Å². The van der Waals surface area contributed by atoms with Crippen molar-refractivity contribution in [3.05, 3.63) is 65.0 Å². The van der Waals surface area contributed by atoms with Gasteiger partial charge >= 0.3 is 12.5 Å². The van der Waals surface area contributed by atoms with Gasteiger partial charge in [0.15, 0.2) is 0 Å². The Morgan fingerprint density at radius 1 is 1.03 bits per heavy atom. The summed E-state index contributed by atoms with van der Waals surface area (Å²) in [5.74, 6) is -0.678. The number of amides is 2. The van der Waals surface area contributed by atoms with Gasteiger partial charge in [-0.15, -0.1) is 10.2 Å². The molecule has 0 N–H and O–H groups in total. The third-order valence-corrected chi connectivity index (χ3v) is 6.97. The lowest BCUT2D eigenvalue weighted by atomic mass is 9.91. The van der Waals surface area contributed by atoms with Gasteiger partial charge in [0.2, 0.25) is 5.89 Å². The molecule has 1 saturated heterocycles. The molecule has 1 aliphatic heterocycles. The van der Waals surface area contributed by atoms with Crippen molar-refractivity contribution in [2.75, 3.05) is 31.1 Å². The number of hydrogen-bond donors (Lipinski definition) is 0. The van der Waals surface area contributed by atoms with Crippen LogP contribution in [0.4, 0.5) is 19.3 Å². The number of piperazine rings is 1. The highest BCUT2D eigenvalue weighted by molar-refractivity contribution is 6.30. The van der Waals surface area contributed by atoms with E-state index in [0.29, 0.717) is 36.3 Å². The number of halogens is 3. The first-order valence-electron chi connectivity index (χ1n) is 11.7. The first-order valence-corrected chi connectivity index (χ1v) is 12.1. The summed E-state index contributed by atoms with van der Waals surface area (Å²) < 4.78 is 30.5. The van der Waals surface area contributed by atoms with Crippen LogP contribution in [0.1, 0.15) is 37.1 Å². The minimum Gasteiger partial charge on any atom is -0.415 e. The molecule has 2 fully saturated rings. The van der Waals surface area contributed by atoms with Gasteiger partial charge in [0.1, 0.15) is 0 Å².